The van der Waals surface area contributed by atoms with Gasteiger partial charge in [-0.05, 0) is 37.0 Å². The molecular formula is C20H24ClN3O2. The summed E-state index contributed by atoms with van der Waals surface area (Å²) in [5.41, 5.74) is 6.49. The zero-order valence-corrected chi connectivity index (χ0v) is 15.4. The van der Waals surface area contributed by atoms with Gasteiger partial charge in [-0.15, -0.1) is 0 Å². The van der Waals surface area contributed by atoms with E-state index in [0.29, 0.717) is 24.2 Å². The van der Waals surface area contributed by atoms with Crippen LogP contribution in [0.3, 0.4) is 0 Å². The van der Waals surface area contributed by atoms with Crippen molar-refractivity contribution in [2.75, 3.05) is 19.7 Å². The smallest absolute Gasteiger partial charge is 0.188 e. The van der Waals surface area contributed by atoms with Gasteiger partial charge in [-0.2, -0.15) is 0 Å². The van der Waals surface area contributed by atoms with E-state index in [4.69, 9.17) is 32.2 Å². The zero-order chi connectivity index (χ0) is 18.4. The molecule has 0 bridgehead atoms. The number of ether oxygens (including phenoxy) is 2. The van der Waals surface area contributed by atoms with E-state index in [1.54, 1.807) is 0 Å². The number of likely N-dealkylation sites (tertiary alicyclic amines) is 1. The molecule has 1 saturated heterocycles. The number of nitrogens with one attached hydrogen (secondary N) is 1. The average molecular weight is 374 g/mol. The Hall–Kier alpha value is -2.40. The fourth-order valence-electron chi connectivity index (χ4n) is 2.98. The Morgan fingerprint density at radius 2 is 1.77 bits per heavy atom. The van der Waals surface area contributed by atoms with Crippen molar-refractivity contribution >= 4 is 17.6 Å². The lowest BCUT2D eigenvalue weighted by Gasteiger charge is -2.31. The second kappa shape index (κ2) is 8.81. The van der Waals surface area contributed by atoms with Crippen LogP contribution in [0.2, 0.25) is 5.02 Å². The quantitative estimate of drug-likeness (QED) is 0.595. The molecule has 2 aromatic carbocycles. The third-order valence-electron chi connectivity index (χ3n) is 4.60. The van der Waals surface area contributed by atoms with Gasteiger partial charge in [0, 0.05) is 29.7 Å². The summed E-state index contributed by atoms with van der Waals surface area (Å²) < 4.78 is 11.8. The van der Waals surface area contributed by atoms with Crippen molar-refractivity contribution in [3.63, 3.8) is 0 Å². The molecular weight excluding hydrogens is 350 g/mol. The third kappa shape index (κ3) is 5.05. The van der Waals surface area contributed by atoms with Gasteiger partial charge >= 0.3 is 0 Å². The van der Waals surface area contributed by atoms with E-state index in [1.807, 2.05) is 53.4 Å². The van der Waals surface area contributed by atoms with Crippen LogP contribution < -0.4 is 15.2 Å². The zero-order valence-electron chi connectivity index (χ0n) is 14.7. The Labute approximate surface area is 159 Å². The minimum Gasteiger partial charge on any atom is -0.493 e. The molecule has 0 aliphatic carbocycles. The summed E-state index contributed by atoms with van der Waals surface area (Å²) >= 11 is 6.16. The molecule has 2 aromatic rings. The Morgan fingerprint density at radius 1 is 1.08 bits per heavy atom. The minimum absolute atomic E-state index is 0.160. The summed E-state index contributed by atoms with van der Waals surface area (Å²) in [7, 11) is 0. The van der Waals surface area contributed by atoms with Crippen LogP contribution >= 0.6 is 11.6 Å². The van der Waals surface area contributed by atoms with Crippen molar-refractivity contribution in [3.05, 3.63) is 59.1 Å². The second-order valence-electron chi connectivity index (χ2n) is 6.48. The van der Waals surface area contributed by atoms with Gasteiger partial charge in [-0.3, -0.25) is 5.41 Å². The number of hydrogen-bond donors (Lipinski definition) is 2. The monoisotopic (exact) mass is 373 g/mol. The molecule has 0 spiro atoms. The Morgan fingerprint density at radius 3 is 2.46 bits per heavy atom. The normalized spacial score (nSPS) is 14.9. The fraction of sp³-hybridized carbons (Fsp3) is 0.350. The summed E-state index contributed by atoms with van der Waals surface area (Å²) in [4.78, 5) is 1.90. The molecule has 1 aliphatic heterocycles. The molecule has 0 radical (unpaired) electrons. The van der Waals surface area contributed by atoms with Crippen molar-refractivity contribution in [2.24, 2.45) is 11.7 Å². The molecule has 0 amide bonds. The standard InChI is InChI=1S/C20H24ClN3O2/c21-19-7-2-1-4-16(19)14-26-18-6-3-5-17(12-18)25-13-15-8-10-24(11-9-15)20(22)23/h1-7,12,15H,8-11,13-14H2,(H3,22,23). The molecule has 3 rings (SSSR count). The third-order valence-corrected chi connectivity index (χ3v) is 4.97. The van der Waals surface area contributed by atoms with Crippen LogP contribution in [0.1, 0.15) is 18.4 Å². The molecule has 0 saturated carbocycles. The van der Waals surface area contributed by atoms with E-state index in [0.717, 1.165) is 43.0 Å². The van der Waals surface area contributed by atoms with Gasteiger partial charge in [0.05, 0.1) is 6.61 Å². The van der Waals surface area contributed by atoms with E-state index in [9.17, 15) is 0 Å². The first kappa shape index (κ1) is 18.4. The van der Waals surface area contributed by atoms with E-state index in [1.165, 1.54) is 0 Å². The number of nitrogens with two attached hydrogens (primary N) is 1. The molecule has 5 nitrogen and oxygen atoms in total. The summed E-state index contributed by atoms with van der Waals surface area (Å²) in [5, 5.41) is 8.19. The molecule has 3 N–H and O–H groups in total. The second-order valence-corrected chi connectivity index (χ2v) is 6.89. The molecule has 1 heterocycles. The van der Waals surface area contributed by atoms with Crippen LogP contribution in [0.4, 0.5) is 0 Å². The number of nitrogens with zero attached hydrogens (tertiary/aromatic N) is 1. The molecule has 138 valence electrons. The molecule has 1 fully saturated rings. The Kier molecular flexibility index (Phi) is 6.23. The fourth-order valence-corrected chi connectivity index (χ4v) is 3.18. The largest absolute Gasteiger partial charge is 0.493 e. The van der Waals surface area contributed by atoms with Crippen LogP contribution in [0, 0.1) is 11.3 Å². The lowest BCUT2D eigenvalue weighted by molar-refractivity contribution is 0.179. The van der Waals surface area contributed by atoms with Gasteiger partial charge in [-0.25, -0.2) is 0 Å². The highest BCUT2D eigenvalue weighted by Crippen LogP contribution is 2.24. The van der Waals surface area contributed by atoms with Crippen LogP contribution in [0.5, 0.6) is 11.5 Å². The number of hydrogen-bond acceptors (Lipinski definition) is 3. The van der Waals surface area contributed by atoms with Gasteiger partial charge in [0.2, 0.25) is 0 Å². The molecule has 0 aromatic heterocycles. The van der Waals surface area contributed by atoms with Crippen molar-refractivity contribution < 1.29 is 9.47 Å². The minimum atomic E-state index is 0.160. The topological polar surface area (TPSA) is 71.6 Å². The summed E-state index contributed by atoms with van der Waals surface area (Å²) in [5.74, 6) is 2.20. The molecule has 0 unspecified atom stereocenters. The van der Waals surface area contributed by atoms with Crippen LogP contribution in [-0.4, -0.2) is 30.6 Å². The van der Waals surface area contributed by atoms with E-state index in [-0.39, 0.29) is 5.96 Å². The van der Waals surface area contributed by atoms with Gasteiger partial charge < -0.3 is 20.1 Å². The van der Waals surface area contributed by atoms with Crippen molar-refractivity contribution in [1.82, 2.24) is 4.90 Å². The highest BCUT2D eigenvalue weighted by molar-refractivity contribution is 6.31. The lowest BCUT2D eigenvalue weighted by atomic mass is 9.98. The van der Waals surface area contributed by atoms with Gasteiger partial charge in [0.25, 0.3) is 0 Å². The van der Waals surface area contributed by atoms with E-state index in [2.05, 4.69) is 0 Å². The van der Waals surface area contributed by atoms with Crippen molar-refractivity contribution in [1.29, 1.82) is 5.41 Å². The predicted molar refractivity (Wildman–Crippen MR) is 104 cm³/mol. The van der Waals surface area contributed by atoms with Gasteiger partial charge in [-0.1, -0.05) is 35.9 Å². The molecule has 26 heavy (non-hydrogen) atoms. The number of rotatable bonds is 6. The van der Waals surface area contributed by atoms with Crippen molar-refractivity contribution in [2.45, 2.75) is 19.4 Å². The van der Waals surface area contributed by atoms with Crippen LogP contribution in [0.25, 0.3) is 0 Å². The van der Waals surface area contributed by atoms with Gasteiger partial charge in [0.1, 0.15) is 18.1 Å². The highest BCUT2D eigenvalue weighted by atomic mass is 35.5. The first-order valence-corrected chi connectivity index (χ1v) is 9.17. The maximum Gasteiger partial charge on any atom is 0.188 e. The van der Waals surface area contributed by atoms with Crippen LogP contribution in [0.15, 0.2) is 48.5 Å². The van der Waals surface area contributed by atoms with E-state index >= 15 is 0 Å². The van der Waals surface area contributed by atoms with Crippen LogP contribution in [-0.2, 0) is 6.61 Å². The molecule has 1 aliphatic rings. The number of halogens is 1. The molecule has 6 heteroatoms. The van der Waals surface area contributed by atoms with E-state index < -0.39 is 0 Å². The number of piperidine rings is 1. The average Bonchev–Trinajstić information content (AvgIpc) is 2.66. The maximum atomic E-state index is 7.48. The maximum absolute atomic E-state index is 7.48. The highest BCUT2D eigenvalue weighted by Gasteiger charge is 2.20. The number of benzene rings is 2. The SMILES string of the molecule is N=C(N)N1CCC(COc2cccc(OCc3ccccc3Cl)c2)CC1. The molecule has 0 atom stereocenters. The van der Waals surface area contributed by atoms with Gasteiger partial charge in [0.15, 0.2) is 5.96 Å². The first-order valence-electron chi connectivity index (χ1n) is 8.80. The number of guanidine groups is 1. The summed E-state index contributed by atoms with van der Waals surface area (Å²) in [6, 6.07) is 15.3. The Bertz CT molecular complexity index is 745. The Balaban J connectivity index is 1.48. The van der Waals surface area contributed by atoms with Crippen molar-refractivity contribution in [3.8, 4) is 11.5 Å². The lowest BCUT2D eigenvalue weighted by Crippen LogP contribution is -2.43. The predicted octanol–water partition coefficient (Wildman–Crippen LogP) is 3.90. The summed E-state index contributed by atoms with van der Waals surface area (Å²) in [6.45, 7) is 2.74. The summed E-state index contributed by atoms with van der Waals surface area (Å²) in [6.07, 6.45) is 1.98. The first-order chi connectivity index (χ1) is 12.6.